The number of amides is 1. The van der Waals surface area contributed by atoms with Crippen LogP contribution >= 0.6 is 15.9 Å². The number of nitro groups is 1. The molecule has 1 aliphatic rings. The third-order valence-electron chi connectivity index (χ3n) is 5.18. The lowest BCUT2D eigenvalue weighted by atomic mass is 9.94. The van der Waals surface area contributed by atoms with Gasteiger partial charge < -0.3 is 4.90 Å². The maximum Gasteiger partial charge on any atom is 0.271 e. The van der Waals surface area contributed by atoms with E-state index in [4.69, 9.17) is 0 Å². The maximum atomic E-state index is 12.3. The summed E-state index contributed by atoms with van der Waals surface area (Å²) in [6.45, 7) is 0. The number of anilines is 1. The number of nitrogens with zero attached hydrogens (tertiary/aromatic N) is 3. The molecule has 1 aliphatic carbocycles. The topological polar surface area (TPSA) is 87.8 Å². The Morgan fingerprint density at radius 3 is 2.69 bits per heavy atom. The highest BCUT2D eigenvalue weighted by atomic mass is 79.9. The fourth-order valence-electron chi connectivity index (χ4n) is 3.60. The number of benzene rings is 2. The van der Waals surface area contributed by atoms with Crippen molar-refractivity contribution in [2.75, 3.05) is 11.9 Å². The smallest absolute Gasteiger partial charge is 0.271 e. The molecule has 8 heteroatoms. The zero-order valence-electron chi connectivity index (χ0n) is 16.2. The lowest BCUT2D eigenvalue weighted by Crippen LogP contribution is -2.34. The van der Waals surface area contributed by atoms with Gasteiger partial charge in [0.25, 0.3) is 11.6 Å². The van der Waals surface area contributed by atoms with E-state index in [-0.39, 0.29) is 11.6 Å². The van der Waals surface area contributed by atoms with E-state index in [0.717, 1.165) is 23.0 Å². The van der Waals surface area contributed by atoms with E-state index in [1.54, 1.807) is 24.3 Å². The third kappa shape index (κ3) is 5.41. The van der Waals surface area contributed by atoms with Gasteiger partial charge in [0.15, 0.2) is 0 Å². The first-order valence-corrected chi connectivity index (χ1v) is 10.4. The van der Waals surface area contributed by atoms with E-state index >= 15 is 0 Å². The Morgan fingerprint density at radius 2 is 2.00 bits per heavy atom. The predicted molar refractivity (Wildman–Crippen MR) is 118 cm³/mol. The molecule has 0 bridgehead atoms. The Morgan fingerprint density at radius 1 is 1.24 bits per heavy atom. The van der Waals surface area contributed by atoms with E-state index < -0.39 is 4.92 Å². The molecule has 1 saturated carbocycles. The molecule has 0 aromatic heterocycles. The van der Waals surface area contributed by atoms with Crippen molar-refractivity contribution in [3.05, 3.63) is 68.2 Å². The summed E-state index contributed by atoms with van der Waals surface area (Å²) in [6.07, 6.45) is 7.30. The first-order valence-electron chi connectivity index (χ1n) is 9.56. The molecule has 3 rings (SSSR count). The summed E-state index contributed by atoms with van der Waals surface area (Å²) >= 11 is 3.33. The van der Waals surface area contributed by atoms with Crippen LogP contribution in [0.5, 0.6) is 0 Å². The molecule has 152 valence electrons. The van der Waals surface area contributed by atoms with Crippen molar-refractivity contribution in [3.63, 3.8) is 0 Å². The van der Waals surface area contributed by atoms with Gasteiger partial charge in [-0.1, -0.05) is 41.3 Å². The molecule has 1 fully saturated rings. The summed E-state index contributed by atoms with van der Waals surface area (Å²) in [6, 6.07) is 12.1. The standard InChI is InChI=1S/C21H23BrN4O3/c1-25(18-8-3-2-4-9-18)20-11-10-19(26(28)29)13-16(20)14-23-24-21(27)15-6-5-7-17(22)12-15/h5-7,10-14,18H,2-4,8-9H2,1H3,(H,24,27). The van der Waals surface area contributed by atoms with Crippen molar-refractivity contribution in [3.8, 4) is 0 Å². The second-order valence-electron chi connectivity index (χ2n) is 7.11. The maximum absolute atomic E-state index is 12.3. The Kier molecular flexibility index (Phi) is 6.98. The Hall–Kier alpha value is -2.74. The van der Waals surface area contributed by atoms with Gasteiger partial charge in [-0.2, -0.15) is 5.10 Å². The molecule has 0 unspecified atom stereocenters. The SMILES string of the molecule is CN(c1ccc([N+](=O)[O-])cc1C=NNC(=O)c1cccc(Br)c1)C1CCCCC1. The van der Waals surface area contributed by atoms with Crippen LogP contribution in [0.3, 0.4) is 0 Å². The molecule has 0 aliphatic heterocycles. The van der Waals surface area contributed by atoms with Crippen LogP contribution in [0.1, 0.15) is 48.0 Å². The summed E-state index contributed by atoms with van der Waals surface area (Å²) in [4.78, 5) is 25.2. The first-order chi connectivity index (χ1) is 14.0. The number of hydrogen-bond donors (Lipinski definition) is 1. The van der Waals surface area contributed by atoms with Crippen molar-refractivity contribution in [1.29, 1.82) is 0 Å². The molecule has 7 nitrogen and oxygen atoms in total. The molecule has 0 atom stereocenters. The number of non-ortho nitro benzene ring substituents is 1. The zero-order chi connectivity index (χ0) is 20.8. The second kappa shape index (κ2) is 9.65. The molecule has 0 radical (unpaired) electrons. The third-order valence-corrected chi connectivity index (χ3v) is 5.67. The van der Waals surface area contributed by atoms with Crippen molar-refractivity contribution < 1.29 is 9.72 Å². The molecule has 29 heavy (non-hydrogen) atoms. The quantitative estimate of drug-likeness (QED) is 0.379. The van der Waals surface area contributed by atoms with Crippen molar-refractivity contribution >= 4 is 39.4 Å². The first kappa shape index (κ1) is 21.0. The van der Waals surface area contributed by atoms with Crippen LogP contribution in [-0.4, -0.2) is 30.1 Å². The van der Waals surface area contributed by atoms with Gasteiger partial charge >= 0.3 is 0 Å². The molecule has 0 saturated heterocycles. The minimum atomic E-state index is -0.429. The highest BCUT2D eigenvalue weighted by molar-refractivity contribution is 9.10. The monoisotopic (exact) mass is 458 g/mol. The highest BCUT2D eigenvalue weighted by Crippen LogP contribution is 2.30. The van der Waals surface area contributed by atoms with Gasteiger partial charge in [0, 0.05) is 46.5 Å². The van der Waals surface area contributed by atoms with Crippen LogP contribution in [0.4, 0.5) is 11.4 Å². The van der Waals surface area contributed by atoms with Crippen LogP contribution in [-0.2, 0) is 0 Å². The van der Waals surface area contributed by atoms with Crippen molar-refractivity contribution in [2.24, 2.45) is 5.10 Å². The van der Waals surface area contributed by atoms with E-state index in [9.17, 15) is 14.9 Å². The number of carbonyl (C=O) groups is 1. The fraction of sp³-hybridized carbons (Fsp3) is 0.333. The molecular formula is C21H23BrN4O3. The highest BCUT2D eigenvalue weighted by Gasteiger charge is 2.21. The molecule has 0 heterocycles. The number of carbonyl (C=O) groups excluding carboxylic acids is 1. The lowest BCUT2D eigenvalue weighted by molar-refractivity contribution is -0.384. The van der Waals surface area contributed by atoms with Crippen molar-refractivity contribution in [2.45, 2.75) is 38.1 Å². The van der Waals surface area contributed by atoms with Crippen LogP contribution in [0.15, 0.2) is 52.0 Å². The Labute approximate surface area is 178 Å². The van der Waals surface area contributed by atoms with E-state index in [2.05, 4.69) is 31.4 Å². The van der Waals surface area contributed by atoms with Gasteiger partial charge in [-0.3, -0.25) is 14.9 Å². The molecule has 1 N–H and O–H groups in total. The van der Waals surface area contributed by atoms with Crippen LogP contribution in [0, 0.1) is 10.1 Å². The summed E-state index contributed by atoms with van der Waals surface area (Å²) in [5.74, 6) is -0.352. The van der Waals surface area contributed by atoms with E-state index in [1.807, 2.05) is 13.1 Å². The Balaban J connectivity index is 1.81. The summed E-state index contributed by atoms with van der Waals surface area (Å²) in [5.41, 5.74) is 4.41. The Bertz CT molecular complexity index is 926. The second-order valence-corrected chi connectivity index (χ2v) is 8.03. The van der Waals surface area contributed by atoms with Crippen LogP contribution in [0.2, 0.25) is 0 Å². The van der Waals surface area contributed by atoms with Gasteiger partial charge in [0.1, 0.15) is 0 Å². The lowest BCUT2D eigenvalue weighted by Gasteiger charge is -2.33. The van der Waals surface area contributed by atoms with Gasteiger partial charge in [-0.05, 0) is 37.1 Å². The molecule has 0 spiro atoms. The van der Waals surface area contributed by atoms with Crippen LogP contribution < -0.4 is 10.3 Å². The predicted octanol–water partition coefficient (Wildman–Crippen LogP) is 4.89. The van der Waals surface area contributed by atoms with Crippen LogP contribution in [0.25, 0.3) is 0 Å². The minimum Gasteiger partial charge on any atom is -0.371 e. The zero-order valence-corrected chi connectivity index (χ0v) is 17.8. The molecule has 2 aromatic rings. The molecular weight excluding hydrogens is 436 g/mol. The number of halogens is 1. The summed E-state index contributed by atoms with van der Waals surface area (Å²) in [5, 5.41) is 15.3. The van der Waals surface area contributed by atoms with E-state index in [1.165, 1.54) is 37.6 Å². The van der Waals surface area contributed by atoms with Gasteiger partial charge in [-0.25, -0.2) is 5.43 Å². The number of rotatable bonds is 6. The van der Waals surface area contributed by atoms with Gasteiger partial charge in [0.05, 0.1) is 11.1 Å². The normalized spacial score (nSPS) is 14.7. The fourth-order valence-corrected chi connectivity index (χ4v) is 4.00. The average molecular weight is 459 g/mol. The summed E-state index contributed by atoms with van der Waals surface area (Å²) < 4.78 is 0.796. The minimum absolute atomic E-state index is 0.00874. The largest absolute Gasteiger partial charge is 0.371 e. The van der Waals surface area contributed by atoms with Gasteiger partial charge in [0.2, 0.25) is 0 Å². The van der Waals surface area contributed by atoms with E-state index in [0.29, 0.717) is 17.2 Å². The number of hydrazone groups is 1. The number of hydrogen-bond acceptors (Lipinski definition) is 5. The number of nitrogens with one attached hydrogen (secondary N) is 1. The number of nitro benzene ring substituents is 1. The molecule has 2 aromatic carbocycles. The van der Waals surface area contributed by atoms with Crippen molar-refractivity contribution in [1.82, 2.24) is 5.43 Å². The summed E-state index contributed by atoms with van der Waals surface area (Å²) in [7, 11) is 2.01. The average Bonchev–Trinajstić information content (AvgIpc) is 2.73. The molecule has 1 amide bonds. The van der Waals surface area contributed by atoms with Gasteiger partial charge in [-0.15, -0.1) is 0 Å².